The highest BCUT2D eigenvalue weighted by atomic mass is 15.6. The molecule has 0 aliphatic rings. The van der Waals surface area contributed by atoms with Gasteiger partial charge in [-0.25, -0.2) is 0 Å². The molecule has 6 nitrogen and oxygen atoms in total. The summed E-state index contributed by atoms with van der Waals surface area (Å²) in [4.78, 5) is 1.47. The predicted molar refractivity (Wildman–Crippen MR) is 64.4 cm³/mol. The highest BCUT2D eigenvalue weighted by Gasteiger charge is 2.08. The third kappa shape index (κ3) is 2.71. The number of aryl methyl sites for hydroxylation is 1. The van der Waals surface area contributed by atoms with E-state index in [4.69, 9.17) is 0 Å². The first kappa shape index (κ1) is 11.8. The Morgan fingerprint density at radius 1 is 1.47 bits per heavy atom. The Morgan fingerprint density at radius 3 is 2.88 bits per heavy atom. The molecule has 0 saturated carbocycles. The summed E-state index contributed by atoms with van der Waals surface area (Å²) in [7, 11) is 3.75. The Kier molecular flexibility index (Phi) is 3.53. The molecule has 0 aromatic carbocycles. The van der Waals surface area contributed by atoms with Crippen LogP contribution in [0.3, 0.4) is 0 Å². The van der Waals surface area contributed by atoms with Crippen LogP contribution in [0.15, 0.2) is 18.5 Å². The molecule has 6 heteroatoms. The number of tetrazole rings is 1. The van der Waals surface area contributed by atoms with Crippen LogP contribution in [0.2, 0.25) is 0 Å². The van der Waals surface area contributed by atoms with Crippen molar-refractivity contribution >= 4 is 0 Å². The SMILES string of the molecule is CCC(NC)c1ccn(Cc2nnn(C)n2)c1. The Bertz CT molecular complexity index is 468. The van der Waals surface area contributed by atoms with Crippen molar-refractivity contribution in [2.75, 3.05) is 7.05 Å². The van der Waals surface area contributed by atoms with Gasteiger partial charge in [-0.05, 0) is 30.3 Å². The molecule has 17 heavy (non-hydrogen) atoms. The molecule has 0 fully saturated rings. The first-order valence-electron chi connectivity index (χ1n) is 5.78. The predicted octanol–water partition coefficient (Wildman–Crippen LogP) is 0.730. The van der Waals surface area contributed by atoms with Gasteiger partial charge in [0.15, 0.2) is 5.82 Å². The largest absolute Gasteiger partial charge is 0.346 e. The van der Waals surface area contributed by atoms with Gasteiger partial charge >= 0.3 is 0 Å². The molecule has 0 amide bonds. The highest BCUT2D eigenvalue weighted by molar-refractivity contribution is 5.15. The van der Waals surface area contributed by atoms with E-state index in [1.165, 1.54) is 10.4 Å². The van der Waals surface area contributed by atoms with E-state index < -0.39 is 0 Å². The van der Waals surface area contributed by atoms with Gasteiger partial charge in [-0.1, -0.05) is 6.92 Å². The van der Waals surface area contributed by atoms with Gasteiger partial charge in [0, 0.05) is 18.4 Å². The summed E-state index contributed by atoms with van der Waals surface area (Å²) in [5, 5.41) is 15.2. The van der Waals surface area contributed by atoms with Gasteiger partial charge in [0.2, 0.25) is 0 Å². The molecule has 0 aliphatic heterocycles. The van der Waals surface area contributed by atoms with Crippen LogP contribution in [-0.4, -0.2) is 31.8 Å². The fourth-order valence-corrected chi connectivity index (χ4v) is 1.92. The second kappa shape index (κ2) is 5.09. The molecule has 0 bridgehead atoms. The second-order valence-corrected chi connectivity index (χ2v) is 4.06. The van der Waals surface area contributed by atoms with E-state index in [2.05, 4.69) is 44.5 Å². The van der Waals surface area contributed by atoms with Crippen LogP contribution in [0.4, 0.5) is 0 Å². The third-order valence-corrected chi connectivity index (χ3v) is 2.81. The molecular weight excluding hydrogens is 216 g/mol. The molecular formula is C11H18N6. The lowest BCUT2D eigenvalue weighted by Crippen LogP contribution is -2.14. The van der Waals surface area contributed by atoms with E-state index in [1.54, 1.807) is 7.05 Å². The van der Waals surface area contributed by atoms with Crippen LogP contribution in [0.25, 0.3) is 0 Å². The van der Waals surface area contributed by atoms with Crippen LogP contribution in [-0.2, 0) is 13.6 Å². The van der Waals surface area contributed by atoms with Gasteiger partial charge in [-0.2, -0.15) is 4.80 Å². The number of hydrogen-bond donors (Lipinski definition) is 1. The van der Waals surface area contributed by atoms with Crippen molar-refractivity contribution in [2.24, 2.45) is 7.05 Å². The zero-order valence-electron chi connectivity index (χ0n) is 10.5. The summed E-state index contributed by atoms with van der Waals surface area (Å²) in [5.74, 6) is 0.729. The minimum Gasteiger partial charge on any atom is -0.346 e. The zero-order valence-corrected chi connectivity index (χ0v) is 10.5. The fourth-order valence-electron chi connectivity index (χ4n) is 1.92. The summed E-state index contributed by atoms with van der Waals surface area (Å²) in [5.41, 5.74) is 1.29. The number of aromatic nitrogens is 5. The van der Waals surface area contributed by atoms with Crippen LogP contribution >= 0.6 is 0 Å². The fraction of sp³-hybridized carbons (Fsp3) is 0.545. The van der Waals surface area contributed by atoms with E-state index in [0.29, 0.717) is 12.6 Å². The van der Waals surface area contributed by atoms with Crippen molar-refractivity contribution in [3.63, 3.8) is 0 Å². The molecule has 2 aromatic heterocycles. The van der Waals surface area contributed by atoms with Gasteiger partial charge in [-0.3, -0.25) is 0 Å². The Labute approximate surface area is 101 Å². The highest BCUT2D eigenvalue weighted by Crippen LogP contribution is 2.16. The van der Waals surface area contributed by atoms with E-state index in [1.807, 2.05) is 13.2 Å². The monoisotopic (exact) mass is 234 g/mol. The zero-order chi connectivity index (χ0) is 12.3. The molecule has 0 spiro atoms. The van der Waals surface area contributed by atoms with Crippen molar-refractivity contribution < 1.29 is 0 Å². The maximum atomic E-state index is 4.16. The Hall–Kier alpha value is -1.69. The summed E-state index contributed by atoms with van der Waals surface area (Å²) in [6, 6.07) is 2.53. The van der Waals surface area contributed by atoms with E-state index in [-0.39, 0.29) is 0 Å². The van der Waals surface area contributed by atoms with Crippen molar-refractivity contribution in [2.45, 2.75) is 25.9 Å². The van der Waals surface area contributed by atoms with Gasteiger partial charge in [-0.15, -0.1) is 10.2 Å². The van der Waals surface area contributed by atoms with Gasteiger partial charge in [0.25, 0.3) is 0 Å². The van der Waals surface area contributed by atoms with Crippen molar-refractivity contribution in [3.05, 3.63) is 29.8 Å². The normalized spacial score (nSPS) is 12.9. The van der Waals surface area contributed by atoms with Crippen molar-refractivity contribution in [1.29, 1.82) is 0 Å². The number of nitrogens with one attached hydrogen (secondary N) is 1. The average molecular weight is 234 g/mol. The van der Waals surface area contributed by atoms with Crippen LogP contribution < -0.4 is 5.32 Å². The van der Waals surface area contributed by atoms with E-state index in [0.717, 1.165) is 12.2 Å². The summed E-state index contributed by atoms with van der Waals surface area (Å²) in [6.07, 6.45) is 5.25. The maximum Gasteiger partial charge on any atom is 0.194 e. The average Bonchev–Trinajstić information content (AvgIpc) is 2.91. The number of rotatable bonds is 5. The van der Waals surface area contributed by atoms with Gasteiger partial charge < -0.3 is 9.88 Å². The minimum atomic E-state index is 0.408. The molecule has 0 radical (unpaired) electrons. The summed E-state index contributed by atoms with van der Waals surface area (Å²) in [6.45, 7) is 2.83. The quantitative estimate of drug-likeness (QED) is 0.828. The molecule has 2 heterocycles. The Balaban J connectivity index is 2.08. The first-order chi connectivity index (χ1) is 8.22. The smallest absolute Gasteiger partial charge is 0.194 e. The van der Waals surface area contributed by atoms with Crippen LogP contribution in [0.1, 0.15) is 30.8 Å². The Morgan fingerprint density at radius 2 is 2.29 bits per heavy atom. The molecule has 1 N–H and O–H groups in total. The third-order valence-electron chi connectivity index (χ3n) is 2.81. The van der Waals surface area contributed by atoms with Gasteiger partial charge in [0.1, 0.15) is 0 Å². The van der Waals surface area contributed by atoms with Gasteiger partial charge in [0.05, 0.1) is 13.6 Å². The second-order valence-electron chi connectivity index (χ2n) is 4.06. The lowest BCUT2D eigenvalue weighted by Gasteiger charge is -2.11. The topological polar surface area (TPSA) is 60.6 Å². The van der Waals surface area contributed by atoms with Crippen molar-refractivity contribution in [1.82, 2.24) is 30.1 Å². The number of nitrogens with zero attached hydrogens (tertiary/aromatic N) is 5. The molecule has 2 aromatic rings. The lowest BCUT2D eigenvalue weighted by atomic mass is 10.1. The minimum absolute atomic E-state index is 0.408. The van der Waals surface area contributed by atoms with Crippen LogP contribution in [0, 0.1) is 0 Å². The van der Waals surface area contributed by atoms with E-state index in [9.17, 15) is 0 Å². The summed E-state index contributed by atoms with van der Waals surface area (Å²) < 4.78 is 2.08. The molecule has 0 saturated heterocycles. The molecule has 2 rings (SSSR count). The first-order valence-corrected chi connectivity index (χ1v) is 5.78. The number of hydrogen-bond acceptors (Lipinski definition) is 4. The standard InChI is InChI=1S/C11H18N6/c1-4-10(12-2)9-5-6-17(7-9)8-11-13-15-16(3)14-11/h5-7,10,12H,4,8H2,1-3H3. The molecule has 1 atom stereocenters. The van der Waals surface area contributed by atoms with Crippen molar-refractivity contribution in [3.8, 4) is 0 Å². The maximum absolute atomic E-state index is 4.16. The molecule has 1 unspecified atom stereocenters. The van der Waals surface area contributed by atoms with Crippen LogP contribution in [0.5, 0.6) is 0 Å². The summed E-state index contributed by atoms with van der Waals surface area (Å²) >= 11 is 0. The van der Waals surface area contributed by atoms with E-state index >= 15 is 0 Å². The lowest BCUT2D eigenvalue weighted by molar-refractivity contribution is 0.575. The molecule has 92 valence electrons. The molecule has 0 aliphatic carbocycles.